The van der Waals surface area contributed by atoms with E-state index in [-0.39, 0.29) is 23.2 Å². The molecule has 0 aliphatic carbocycles. The van der Waals surface area contributed by atoms with Crippen LogP contribution in [-0.4, -0.2) is 39.8 Å². The van der Waals surface area contributed by atoms with Crippen LogP contribution in [-0.2, 0) is 11.3 Å². The van der Waals surface area contributed by atoms with Crippen molar-refractivity contribution in [3.63, 3.8) is 0 Å². The Morgan fingerprint density at radius 3 is 2.85 bits per heavy atom. The van der Waals surface area contributed by atoms with E-state index in [0.29, 0.717) is 4.88 Å². The Morgan fingerprint density at radius 2 is 2.07 bits per heavy atom. The minimum atomic E-state index is -0.339. The molecule has 1 N–H and O–H groups in total. The van der Waals surface area contributed by atoms with Gasteiger partial charge in [0.05, 0.1) is 10.6 Å². The highest BCUT2D eigenvalue weighted by molar-refractivity contribution is 9.10. The van der Waals surface area contributed by atoms with Gasteiger partial charge in [0.2, 0.25) is 11.8 Å². The van der Waals surface area contributed by atoms with Gasteiger partial charge in [-0.15, -0.1) is 0 Å². The van der Waals surface area contributed by atoms with Crippen molar-refractivity contribution < 1.29 is 9.90 Å². The Kier molecular flexibility index (Phi) is 5.01. The van der Waals surface area contributed by atoms with Crippen LogP contribution in [0.25, 0.3) is 11.6 Å². The number of halogens is 1. The minimum absolute atomic E-state index is 0.124. The number of rotatable bonds is 3. The van der Waals surface area contributed by atoms with Crippen molar-refractivity contribution in [2.24, 2.45) is 4.99 Å². The second-order valence-corrected chi connectivity index (χ2v) is 8.51. The fourth-order valence-electron chi connectivity index (χ4n) is 3.34. The van der Waals surface area contributed by atoms with Crippen molar-refractivity contribution in [3.05, 3.63) is 42.8 Å². The first-order valence-corrected chi connectivity index (χ1v) is 10.4. The predicted molar refractivity (Wildman–Crippen MR) is 111 cm³/mol. The third kappa shape index (κ3) is 3.64. The molecule has 140 valence electrons. The number of piperidine rings is 1. The zero-order valence-electron chi connectivity index (χ0n) is 14.5. The maximum Gasteiger partial charge on any atom is 0.311 e. The van der Waals surface area contributed by atoms with Crippen molar-refractivity contribution in [1.82, 2.24) is 9.47 Å². The molecule has 1 aromatic heterocycles. The Balaban J connectivity index is 1.61. The molecule has 27 heavy (non-hydrogen) atoms. The summed E-state index contributed by atoms with van der Waals surface area (Å²) in [4.78, 5) is 31.0. The summed E-state index contributed by atoms with van der Waals surface area (Å²) in [5, 5.41) is 10.5. The minimum Gasteiger partial charge on any atom is -0.493 e. The van der Waals surface area contributed by atoms with E-state index < -0.39 is 0 Å². The van der Waals surface area contributed by atoms with Gasteiger partial charge in [-0.2, -0.15) is 0 Å². The van der Waals surface area contributed by atoms with Crippen LogP contribution in [0.3, 0.4) is 0 Å². The molecule has 1 fully saturated rings. The van der Waals surface area contributed by atoms with E-state index in [2.05, 4.69) is 20.9 Å². The maximum atomic E-state index is 12.4. The molecule has 1 saturated heterocycles. The lowest BCUT2D eigenvalue weighted by molar-refractivity contribution is -0.132. The van der Waals surface area contributed by atoms with E-state index in [1.807, 2.05) is 18.2 Å². The molecule has 8 heteroatoms. The number of hydrogen-bond donors (Lipinski definition) is 1. The summed E-state index contributed by atoms with van der Waals surface area (Å²) in [6, 6.07) is 5.77. The summed E-state index contributed by atoms with van der Waals surface area (Å²) < 4.78 is 2.09. The van der Waals surface area contributed by atoms with Gasteiger partial charge in [-0.05, 0) is 43.5 Å². The summed E-state index contributed by atoms with van der Waals surface area (Å²) >= 11 is 4.38. The molecule has 6 nitrogen and oxygen atoms in total. The molecule has 0 unspecified atom stereocenters. The number of aliphatic imine (C=N–C) groups is 1. The molecular formula is C19H18BrN3O3S. The third-order valence-electron chi connectivity index (χ3n) is 4.79. The summed E-state index contributed by atoms with van der Waals surface area (Å²) in [7, 11) is 0. The molecule has 0 bridgehead atoms. The maximum absolute atomic E-state index is 12.4. The topological polar surface area (TPSA) is 74.9 Å². The molecule has 2 aliphatic rings. The van der Waals surface area contributed by atoms with Crippen molar-refractivity contribution in [3.8, 4) is 5.88 Å². The number of nitrogens with zero attached hydrogens (tertiary/aromatic N) is 3. The normalized spacial score (nSPS) is 17.5. The van der Waals surface area contributed by atoms with Gasteiger partial charge in [-0.25, -0.2) is 0 Å². The van der Waals surface area contributed by atoms with Crippen LogP contribution in [0.2, 0.25) is 0 Å². The van der Waals surface area contributed by atoms with Gasteiger partial charge >= 0.3 is 4.87 Å². The number of benzene rings is 1. The first-order chi connectivity index (χ1) is 13.0. The number of amides is 1. The van der Waals surface area contributed by atoms with Crippen LogP contribution in [0.15, 0.2) is 32.5 Å². The summed E-state index contributed by atoms with van der Waals surface area (Å²) in [6.07, 6.45) is 6.56. The molecule has 2 aromatic rings. The van der Waals surface area contributed by atoms with Crippen LogP contribution in [0, 0.1) is 0 Å². The molecule has 0 radical (unpaired) electrons. The fourth-order valence-corrected chi connectivity index (χ4v) is 4.54. The number of aromatic nitrogens is 1. The predicted octanol–water partition coefficient (Wildman–Crippen LogP) is 3.65. The van der Waals surface area contributed by atoms with Gasteiger partial charge in [-0.3, -0.25) is 19.1 Å². The van der Waals surface area contributed by atoms with Crippen molar-refractivity contribution in [2.75, 3.05) is 13.1 Å². The lowest BCUT2D eigenvalue weighted by Gasteiger charge is -2.26. The van der Waals surface area contributed by atoms with E-state index in [1.165, 1.54) is 0 Å². The number of carbonyl (C=O) groups excluding carboxylic acids is 1. The largest absolute Gasteiger partial charge is 0.493 e. The monoisotopic (exact) mass is 447 g/mol. The van der Waals surface area contributed by atoms with E-state index in [1.54, 1.807) is 17.2 Å². The van der Waals surface area contributed by atoms with Gasteiger partial charge in [-0.1, -0.05) is 27.3 Å². The Labute approximate surface area is 168 Å². The van der Waals surface area contributed by atoms with E-state index in [9.17, 15) is 14.7 Å². The number of allylic oxidation sites excluding steroid dienone is 1. The highest BCUT2D eigenvalue weighted by atomic mass is 79.9. The summed E-state index contributed by atoms with van der Waals surface area (Å²) in [5.74, 6) is -0.291. The smallest absolute Gasteiger partial charge is 0.311 e. The lowest BCUT2D eigenvalue weighted by Crippen LogP contribution is -2.38. The van der Waals surface area contributed by atoms with Gasteiger partial charge < -0.3 is 10.0 Å². The zero-order valence-corrected chi connectivity index (χ0v) is 16.9. The quantitative estimate of drug-likeness (QED) is 0.779. The number of thiazole rings is 1. The van der Waals surface area contributed by atoms with Crippen LogP contribution >= 0.6 is 27.3 Å². The van der Waals surface area contributed by atoms with E-state index >= 15 is 0 Å². The van der Waals surface area contributed by atoms with Crippen LogP contribution in [0.1, 0.15) is 29.7 Å². The molecule has 0 spiro atoms. The van der Waals surface area contributed by atoms with Crippen molar-refractivity contribution in [2.45, 2.75) is 25.8 Å². The number of aromatic hydroxyl groups is 1. The number of likely N-dealkylation sites (tertiary alicyclic amines) is 1. The van der Waals surface area contributed by atoms with Gasteiger partial charge in [0.1, 0.15) is 6.54 Å². The molecule has 0 atom stereocenters. The zero-order chi connectivity index (χ0) is 19.0. The van der Waals surface area contributed by atoms with Gasteiger partial charge in [0.15, 0.2) is 0 Å². The first kappa shape index (κ1) is 18.2. The van der Waals surface area contributed by atoms with Crippen molar-refractivity contribution in [1.29, 1.82) is 0 Å². The first-order valence-electron chi connectivity index (χ1n) is 8.79. The molecule has 1 aromatic carbocycles. The average molecular weight is 448 g/mol. The van der Waals surface area contributed by atoms with Gasteiger partial charge in [0, 0.05) is 34.9 Å². The molecule has 4 rings (SSSR count). The highest BCUT2D eigenvalue weighted by Crippen LogP contribution is 2.36. The Morgan fingerprint density at radius 1 is 1.30 bits per heavy atom. The summed E-state index contributed by atoms with van der Waals surface area (Å²) in [6.45, 7) is 1.32. The SMILES string of the molecule is O=C(Cn1c(O)c(C=C2C=Nc3ccc(Br)cc32)sc1=O)N1CCCCC1. The Bertz CT molecular complexity index is 1020. The lowest BCUT2D eigenvalue weighted by atomic mass is 10.1. The highest BCUT2D eigenvalue weighted by Gasteiger charge is 2.21. The summed E-state index contributed by atoms with van der Waals surface area (Å²) in [5.41, 5.74) is 2.59. The molecular weight excluding hydrogens is 430 g/mol. The fraction of sp³-hybridized carbons (Fsp3) is 0.316. The number of hydrogen-bond acceptors (Lipinski definition) is 5. The van der Waals surface area contributed by atoms with Crippen LogP contribution < -0.4 is 4.87 Å². The van der Waals surface area contributed by atoms with Crippen molar-refractivity contribution >= 4 is 56.7 Å². The second-order valence-electron chi connectivity index (χ2n) is 6.60. The standard InChI is InChI=1S/C19H18BrN3O3S/c20-13-4-5-15-14(9-13)12(10-21-15)8-16-18(25)23(19(26)27-16)11-17(24)22-6-2-1-3-7-22/h4-5,8-10,25H,1-3,6-7,11H2. The second kappa shape index (κ2) is 7.44. The molecule has 0 saturated carbocycles. The molecule has 1 amide bonds. The van der Waals surface area contributed by atoms with Gasteiger partial charge in [0.25, 0.3) is 0 Å². The number of fused-ring (bicyclic) bond motifs is 1. The molecule has 2 aliphatic heterocycles. The van der Waals surface area contributed by atoms with E-state index in [4.69, 9.17) is 0 Å². The number of carbonyl (C=O) groups is 1. The molecule has 3 heterocycles. The average Bonchev–Trinajstić information content (AvgIpc) is 3.18. The van der Waals surface area contributed by atoms with Crippen LogP contribution in [0.4, 0.5) is 5.69 Å². The van der Waals surface area contributed by atoms with E-state index in [0.717, 1.165) is 69.6 Å². The van der Waals surface area contributed by atoms with Crippen LogP contribution in [0.5, 0.6) is 5.88 Å². The Hall–Kier alpha value is -2.19. The third-order valence-corrected chi connectivity index (χ3v) is 6.20.